The second-order valence-electron chi connectivity index (χ2n) is 3.53. The van der Waals surface area contributed by atoms with Gasteiger partial charge in [0.2, 0.25) is 0 Å². The number of hydrogen-bond donors (Lipinski definition) is 2. The van der Waals surface area contributed by atoms with E-state index in [-0.39, 0.29) is 4.87 Å². The maximum atomic E-state index is 11.4. The van der Waals surface area contributed by atoms with Gasteiger partial charge in [-0.1, -0.05) is 41.7 Å². The van der Waals surface area contributed by atoms with Crippen LogP contribution >= 0.6 is 11.3 Å². The molecule has 2 N–H and O–H groups in total. The molecule has 4 heteroatoms. The monoisotopic (exact) mass is 234 g/mol. The Morgan fingerprint density at radius 1 is 1.31 bits per heavy atom. The van der Waals surface area contributed by atoms with Crippen LogP contribution in [0, 0.1) is 0 Å². The average Bonchev–Trinajstić information content (AvgIpc) is 2.69. The molecule has 0 aliphatic heterocycles. The van der Waals surface area contributed by atoms with E-state index >= 15 is 0 Å². The Labute approximate surface area is 98.2 Å². The molecule has 0 aliphatic rings. The quantitative estimate of drug-likeness (QED) is 0.848. The molecule has 0 bridgehead atoms. The number of aromatic nitrogens is 1. The third kappa shape index (κ3) is 2.40. The van der Waals surface area contributed by atoms with Gasteiger partial charge in [0.05, 0.1) is 5.69 Å². The van der Waals surface area contributed by atoms with Crippen molar-refractivity contribution in [3.8, 4) is 11.3 Å². The molecular formula is C12H14N2OS. The molecule has 0 fully saturated rings. The average molecular weight is 234 g/mol. The number of nitrogens with one attached hydrogen (secondary N) is 2. The number of likely N-dealkylation sites (N-methyl/N-ethyl adjacent to an activating group) is 1. The van der Waals surface area contributed by atoms with E-state index in [2.05, 4.69) is 10.3 Å². The van der Waals surface area contributed by atoms with Gasteiger partial charge in [-0.15, -0.1) is 0 Å². The number of H-pyrrole nitrogens is 1. The second kappa shape index (κ2) is 5.09. The van der Waals surface area contributed by atoms with Crippen molar-refractivity contribution in [3.63, 3.8) is 0 Å². The Hall–Kier alpha value is -1.39. The van der Waals surface area contributed by atoms with Crippen LogP contribution in [0.25, 0.3) is 11.3 Å². The Bertz CT molecular complexity index is 501. The molecule has 84 valence electrons. The highest BCUT2D eigenvalue weighted by atomic mass is 32.1. The number of benzene rings is 1. The smallest absolute Gasteiger partial charge is 0.305 e. The summed E-state index contributed by atoms with van der Waals surface area (Å²) in [4.78, 5) is 15.4. The summed E-state index contributed by atoms with van der Waals surface area (Å²) in [5.41, 5.74) is 2.04. The first-order valence-electron chi connectivity index (χ1n) is 5.23. The summed E-state index contributed by atoms with van der Waals surface area (Å²) in [6, 6.07) is 9.96. The van der Waals surface area contributed by atoms with Crippen molar-refractivity contribution < 1.29 is 0 Å². The van der Waals surface area contributed by atoms with Crippen LogP contribution in [0.2, 0.25) is 0 Å². The van der Waals surface area contributed by atoms with Crippen molar-refractivity contribution in [3.05, 3.63) is 44.9 Å². The number of rotatable bonds is 4. The minimum atomic E-state index is 0.0185. The zero-order valence-corrected chi connectivity index (χ0v) is 9.93. The Morgan fingerprint density at radius 2 is 2.06 bits per heavy atom. The molecule has 2 rings (SSSR count). The lowest BCUT2D eigenvalue weighted by Crippen LogP contribution is -2.09. The fourth-order valence-electron chi connectivity index (χ4n) is 1.61. The SMILES string of the molecule is CNCCc1sc(=O)[nH]c1-c1ccccc1. The molecule has 0 atom stereocenters. The van der Waals surface area contributed by atoms with E-state index < -0.39 is 0 Å². The van der Waals surface area contributed by atoms with Crippen LogP contribution in [0.4, 0.5) is 0 Å². The first-order valence-corrected chi connectivity index (χ1v) is 6.05. The van der Waals surface area contributed by atoms with E-state index in [1.165, 1.54) is 11.3 Å². The van der Waals surface area contributed by atoms with Crippen molar-refractivity contribution in [2.45, 2.75) is 6.42 Å². The first kappa shape index (κ1) is 11.1. The highest BCUT2D eigenvalue weighted by molar-refractivity contribution is 7.09. The van der Waals surface area contributed by atoms with E-state index in [0.717, 1.165) is 29.1 Å². The van der Waals surface area contributed by atoms with E-state index in [1.54, 1.807) is 0 Å². The van der Waals surface area contributed by atoms with E-state index in [1.807, 2.05) is 37.4 Å². The molecular weight excluding hydrogens is 220 g/mol. The van der Waals surface area contributed by atoms with Crippen LogP contribution in [0.15, 0.2) is 35.1 Å². The lowest BCUT2D eigenvalue weighted by molar-refractivity contribution is 0.799. The first-order chi connectivity index (χ1) is 7.81. The second-order valence-corrected chi connectivity index (χ2v) is 4.60. The minimum absolute atomic E-state index is 0.0185. The lowest BCUT2D eigenvalue weighted by Gasteiger charge is -2.02. The highest BCUT2D eigenvalue weighted by Gasteiger charge is 2.08. The normalized spacial score (nSPS) is 10.6. The molecule has 3 nitrogen and oxygen atoms in total. The predicted octanol–water partition coefficient (Wildman–Crippen LogP) is 1.87. The molecule has 0 unspecified atom stereocenters. The molecule has 16 heavy (non-hydrogen) atoms. The summed E-state index contributed by atoms with van der Waals surface area (Å²) in [6.07, 6.45) is 0.879. The Balaban J connectivity index is 2.36. The molecule has 0 amide bonds. The summed E-state index contributed by atoms with van der Waals surface area (Å²) >= 11 is 1.30. The number of hydrogen-bond acceptors (Lipinski definition) is 3. The van der Waals surface area contributed by atoms with E-state index in [4.69, 9.17) is 0 Å². The fourth-order valence-corrected chi connectivity index (χ4v) is 2.46. The predicted molar refractivity (Wildman–Crippen MR) is 68.0 cm³/mol. The largest absolute Gasteiger partial charge is 0.319 e. The van der Waals surface area contributed by atoms with Crippen LogP contribution in [0.3, 0.4) is 0 Å². The highest BCUT2D eigenvalue weighted by Crippen LogP contribution is 2.22. The van der Waals surface area contributed by atoms with Crippen LogP contribution in [-0.2, 0) is 6.42 Å². The van der Waals surface area contributed by atoms with E-state index in [0.29, 0.717) is 0 Å². The summed E-state index contributed by atoms with van der Waals surface area (Å²) in [5, 5.41) is 3.09. The molecule has 0 saturated carbocycles. The summed E-state index contributed by atoms with van der Waals surface area (Å²) in [7, 11) is 1.91. The third-order valence-corrected chi connectivity index (χ3v) is 3.33. The molecule has 1 heterocycles. The molecule has 1 aromatic heterocycles. The van der Waals surface area contributed by atoms with Crippen LogP contribution in [0.5, 0.6) is 0 Å². The van der Waals surface area contributed by atoms with Gasteiger partial charge in [-0.2, -0.15) is 0 Å². The summed E-state index contributed by atoms with van der Waals surface area (Å²) in [6.45, 7) is 0.883. The number of aromatic amines is 1. The molecule has 0 aliphatic carbocycles. The summed E-state index contributed by atoms with van der Waals surface area (Å²) in [5.74, 6) is 0. The van der Waals surface area contributed by atoms with Gasteiger partial charge < -0.3 is 10.3 Å². The van der Waals surface area contributed by atoms with Gasteiger partial charge in [0, 0.05) is 4.88 Å². The van der Waals surface area contributed by atoms with Gasteiger partial charge >= 0.3 is 4.87 Å². The van der Waals surface area contributed by atoms with Crippen LogP contribution < -0.4 is 10.2 Å². The van der Waals surface area contributed by atoms with Gasteiger partial charge in [0.25, 0.3) is 0 Å². The van der Waals surface area contributed by atoms with Crippen molar-refractivity contribution >= 4 is 11.3 Å². The van der Waals surface area contributed by atoms with Crippen molar-refractivity contribution in [1.29, 1.82) is 0 Å². The van der Waals surface area contributed by atoms with Gasteiger partial charge in [-0.05, 0) is 25.6 Å². The van der Waals surface area contributed by atoms with Gasteiger partial charge in [-0.3, -0.25) is 4.79 Å². The van der Waals surface area contributed by atoms with Crippen LogP contribution in [-0.4, -0.2) is 18.6 Å². The fraction of sp³-hybridized carbons (Fsp3) is 0.250. The van der Waals surface area contributed by atoms with Crippen molar-refractivity contribution in [2.75, 3.05) is 13.6 Å². The summed E-state index contributed by atoms with van der Waals surface area (Å²) < 4.78 is 0. The molecule has 0 saturated heterocycles. The standard InChI is InChI=1S/C12H14N2OS/c1-13-8-7-10-11(14-12(15)16-10)9-5-3-2-4-6-9/h2-6,13H,7-8H2,1H3,(H,14,15). The van der Waals surface area contributed by atoms with Gasteiger partial charge in [0.1, 0.15) is 0 Å². The van der Waals surface area contributed by atoms with E-state index in [9.17, 15) is 4.79 Å². The Morgan fingerprint density at radius 3 is 2.75 bits per heavy atom. The van der Waals surface area contributed by atoms with Crippen LogP contribution in [0.1, 0.15) is 4.88 Å². The lowest BCUT2D eigenvalue weighted by atomic mass is 10.1. The van der Waals surface area contributed by atoms with Gasteiger partial charge in [0.15, 0.2) is 0 Å². The molecule has 0 radical (unpaired) electrons. The Kier molecular flexibility index (Phi) is 3.54. The zero-order valence-electron chi connectivity index (χ0n) is 9.12. The van der Waals surface area contributed by atoms with Crippen molar-refractivity contribution in [1.82, 2.24) is 10.3 Å². The zero-order chi connectivity index (χ0) is 11.4. The topological polar surface area (TPSA) is 44.9 Å². The number of thiazole rings is 1. The third-order valence-electron chi connectivity index (χ3n) is 2.39. The van der Waals surface area contributed by atoms with Crippen molar-refractivity contribution in [2.24, 2.45) is 0 Å². The van der Waals surface area contributed by atoms with Gasteiger partial charge in [-0.25, -0.2) is 0 Å². The minimum Gasteiger partial charge on any atom is -0.319 e. The maximum Gasteiger partial charge on any atom is 0.305 e. The molecule has 1 aromatic carbocycles. The molecule has 2 aromatic rings. The molecule has 0 spiro atoms. The maximum absolute atomic E-state index is 11.4.